The number of nitrogens with zero attached hydrogens (tertiary/aromatic N) is 4. The van der Waals surface area contributed by atoms with Crippen LogP contribution in [0.15, 0.2) is 82.6 Å². The normalized spacial score (nSPS) is 12.7. The molecular weight excluding hydrogens is 710 g/mol. The highest BCUT2D eigenvalue weighted by atomic mass is 35.5. The molecule has 1 aliphatic rings. The Morgan fingerprint density at radius 3 is 2.06 bits per heavy atom. The van der Waals surface area contributed by atoms with Crippen molar-refractivity contribution in [2.24, 2.45) is 0 Å². The van der Waals surface area contributed by atoms with Gasteiger partial charge in [0.05, 0.1) is 28.2 Å². The van der Waals surface area contributed by atoms with Crippen molar-refractivity contribution >= 4 is 83.7 Å². The predicted octanol–water partition coefficient (Wildman–Crippen LogP) is 5.33. The number of rotatable bonds is 9. The molecule has 0 saturated heterocycles. The van der Waals surface area contributed by atoms with E-state index in [2.05, 4.69) is 25.6 Å². The molecule has 1 heterocycles. The maximum atomic E-state index is 13.7. The third-order valence-corrected chi connectivity index (χ3v) is 9.70. The summed E-state index contributed by atoms with van der Waals surface area (Å²) in [5.74, 6) is -1.50. The molecule has 5 aromatic rings. The topological polar surface area (TPSA) is 235 Å². The zero-order chi connectivity index (χ0) is 36.1. The number of ketones is 2. The van der Waals surface area contributed by atoms with Crippen molar-refractivity contribution in [3.05, 3.63) is 106 Å². The first-order chi connectivity index (χ1) is 23.6. The summed E-state index contributed by atoms with van der Waals surface area (Å²) >= 11 is 6.25. The number of nitrogen functional groups attached to an aromatic ring is 1. The summed E-state index contributed by atoms with van der Waals surface area (Å²) in [6.07, 6.45) is 0. The maximum Gasteiger partial charge on any atom is 0.296 e. The number of nitrogens with two attached hydrogens (primary N) is 1. The molecule has 1 aromatic heterocycles. The van der Waals surface area contributed by atoms with Gasteiger partial charge >= 0.3 is 0 Å². The lowest BCUT2D eigenvalue weighted by molar-refractivity contribution is 0.0980. The van der Waals surface area contributed by atoms with E-state index in [0.717, 1.165) is 23.4 Å². The molecule has 50 heavy (non-hydrogen) atoms. The Morgan fingerprint density at radius 1 is 0.780 bits per heavy atom. The molecule has 256 valence electrons. The number of benzene rings is 4. The fourth-order valence-electron chi connectivity index (χ4n) is 5.56. The molecule has 1 aliphatic carbocycles. The molecule has 0 amide bonds. The Kier molecular flexibility index (Phi) is 8.79. The van der Waals surface area contributed by atoms with Gasteiger partial charge in [0.15, 0.2) is 11.6 Å². The number of aromatic nitrogens is 3. The van der Waals surface area contributed by atoms with Crippen molar-refractivity contribution in [3.8, 4) is 0 Å². The van der Waals surface area contributed by atoms with E-state index in [1.807, 2.05) is 38.1 Å². The number of fused-ring (bicyclic) bond motifs is 2. The van der Waals surface area contributed by atoms with E-state index >= 15 is 0 Å². The van der Waals surface area contributed by atoms with E-state index in [9.17, 15) is 35.5 Å². The Labute approximate surface area is 290 Å². The van der Waals surface area contributed by atoms with Crippen molar-refractivity contribution in [1.29, 1.82) is 0 Å². The average Bonchev–Trinajstić information content (AvgIpc) is 3.03. The van der Waals surface area contributed by atoms with Crippen molar-refractivity contribution in [2.45, 2.75) is 23.6 Å². The smallest absolute Gasteiger partial charge is 0.296 e. The van der Waals surface area contributed by atoms with Crippen molar-refractivity contribution < 1.29 is 35.5 Å². The van der Waals surface area contributed by atoms with Gasteiger partial charge in [0.1, 0.15) is 9.79 Å². The quantitative estimate of drug-likeness (QED) is 0.0932. The summed E-state index contributed by atoms with van der Waals surface area (Å²) in [5.41, 5.74) is 5.97. The first-order valence-electron chi connectivity index (χ1n) is 14.6. The van der Waals surface area contributed by atoms with Crippen LogP contribution in [0.25, 0.3) is 0 Å². The van der Waals surface area contributed by atoms with Gasteiger partial charge in [-0.15, -0.1) is 0 Å². The molecule has 0 aliphatic heterocycles. The van der Waals surface area contributed by atoms with Gasteiger partial charge in [-0.3, -0.25) is 18.7 Å². The predicted molar refractivity (Wildman–Crippen MR) is 185 cm³/mol. The lowest BCUT2D eigenvalue weighted by Gasteiger charge is -2.24. The minimum atomic E-state index is -5.01. The van der Waals surface area contributed by atoms with Gasteiger partial charge in [-0.05, 0) is 67.4 Å². The van der Waals surface area contributed by atoms with Gasteiger partial charge in [0, 0.05) is 29.0 Å². The fraction of sp³-hybridized carbons (Fsp3) is 0.0938. The summed E-state index contributed by atoms with van der Waals surface area (Å²) in [7, 11) is -9.87. The van der Waals surface area contributed by atoms with Gasteiger partial charge in [-0.25, -0.2) is 0 Å². The van der Waals surface area contributed by atoms with Crippen LogP contribution in [0.3, 0.4) is 0 Å². The fourth-order valence-corrected chi connectivity index (χ4v) is 6.99. The Morgan fingerprint density at radius 2 is 1.44 bits per heavy atom. The molecule has 15 nitrogen and oxygen atoms in total. The Balaban J connectivity index is 1.46. The molecule has 18 heteroatoms. The molecule has 0 saturated carbocycles. The van der Waals surface area contributed by atoms with Crippen LogP contribution in [0.2, 0.25) is 5.28 Å². The summed E-state index contributed by atoms with van der Waals surface area (Å²) in [5, 5.41) is 5.33. The summed E-state index contributed by atoms with van der Waals surface area (Å²) in [6, 6.07) is 17.7. The Bertz CT molecular complexity index is 2480. The molecule has 6 rings (SSSR count). The summed E-state index contributed by atoms with van der Waals surface area (Å²) in [4.78, 5) is 40.2. The van der Waals surface area contributed by atoms with E-state index in [-0.39, 0.29) is 50.9 Å². The van der Waals surface area contributed by atoms with Crippen LogP contribution in [0.5, 0.6) is 0 Å². The van der Waals surface area contributed by atoms with E-state index < -0.39 is 52.8 Å². The number of nitrogens with one attached hydrogen (secondary N) is 2. The standard InChI is InChI=1S/C32H26ClN7O8S2/c1-3-40(18-8-6-7-16(2)13-18)32-38-30(33)37-31(39-32)36-21-14-17(11-12-23(21)49(43,44)45)35-22-15-24(50(46,47)48)27(34)26-25(22)28(41)19-9-4-5-10-20(19)29(26)42/h4-15,35H,3,34H2,1-2H3,(H,43,44,45)(H,46,47,48)(H,36,37,38,39). The number of carbonyl (C=O) groups excluding carboxylic acids is 2. The van der Waals surface area contributed by atoms with Crippen LogP contribution in [0.1, 0.15) is 44.3 Å². The lowest BCUT2D eigenvalue weighted by Crippen LogP contribution is -2.25. The van der Waals surface area contributed by atoms with Gasteiger partial charge < -0.3 is 21.3 Å². The maximum absolute atomic E-state index is 13.7. The van der Waals surface area contributed by atoms with Crippen LogP contribution < -0.4 is 21.3 Å². The molecule has 0 unspecified atom stereocenters. The number of carbonyl (C=O) groups is 2. The van der Waals surface area contributed by atoms with Crippen LogP contribution in [-0.4, -0.2) is 59.0 Å². The van der Waals surface area contributed by atoms with Crippen LogP contribution >= 0.6 is 11.6 Å². The highest BCUT2D eigenvalue weighted by molar-refractivity contribution is 7.86. The van der Waals surface area contributed by atoms with Gasteiger partial charge in [0.25, 0.3) is 20.2 Å². The first-order valence-corrected chi connectivity index (χ1v) is 17.9. The zero-order valence-corrected chi connectivity index (χ0v) is 28.4. The van der Waals surface area contributed by atoms with Crippen LogP contribution in [0, 0.1) is 6.92 Å². The van der Waals surface area contributed by atoms with E-state index in [1.54, 1.807) is 11.0 Å². The van der Waals surface area contributed by atoms with Crippen molar-refractivity contribution in [2.75, 3.05) is 27.8 Å². The SMILES string of the molecule is CCN(c1cccc(C)c1)c1nc(Cl)nc(Nc2cc(Nc3cc(S(=O)(=O)O)c(N)c4c3C(=O)c3ccccc3C4=O)ccc2S(=O)(=O)O)n1. The third kappa shape index (κ3) is 6.47. The van der Waals surface area contributed by atoms with Crippen LogP contribution in [0.4, 0.5) is 40.3 Å². The molecule has 0 fully saturated rings. The third-order valence-electron chi connectivity index (χ3n) is 7.73. The molecule has 4 aromatic carbocycles. The van der Waals surface area contributed by atoms with Crippen molar-refractivity contribution in [3.63, 3.8) is 0 Å². The van der Waals surface area contributed by atoms with Gasteiger partial charge in [-0.2, -0.15) is 31.8 Å². The minimum Gasteiger partial charge on any atom is -0.397 e. The number of aryl methyl sites for hydroxylation is 1. The average molecular weight is 736 g/mol. The van der Waals surface area contributed by atoms with E-state index in [0.29, 0.717) is 6.54 Å². The summed E-state index contributed by atoms with van der Waals surface area (Å²) < 4.78 is 69.5. The van der Waals surface area contributed by atoms with Crippen LogP contribution in [-0.2, 0) is 20.2 Å². The largest absolute Gasteiger partial charge is 0.397 e. The van der Waals surface area contributed by atoms with Gasteiger partial charge in [0.2, 0.25) is 17.2 Å². The monoisotopic (exact) mass is 735 g/mol. The molecule has 0 atom stereocenters. The molecular formula is C32H26ClN7O8S2. The van der Waals surface area contributed by atoms with Crippen molar-refractivity contribution in [1.82, 2.24) is 15.0 Å². The van der Waals surface area contributed by atoms with E-state index in [4.69, 9.17) is 17.3 Å². The number of hydrogen-bond donors (Lipinski definition) is 5. The second-order valence-corrected chi connectivity index (χ2v) is 14.1. The highest BCUT2D eigenvalue weighted by Crippen LogP contribution is 2.41. The van der Waals surface area contributed by atoms with E-state index in [1.165, 1.54) is 30.3 Å². The molecule has 0 radical (unpaired) electrons. The second-order valence-electron chi connectivity index (χ2n) is 11.0. The minimum absolute atomic E-state index is 0.0152. The number of hydrogen-bond acceptors (Lipinski definition) is 13. The number of anilines is 7. The highest BCUT2D eigenvalue weighted by Gasteiger charge is 2.36. The summed E-state index contributed by atoms with van der Waals surface area (Å²) in [6.45, 7) is 4.19. The molecule has 0 spiro atoms. The Hall–Kier alpha value is -5.46. The lowest BCUT2D eigenvalue weighted by atomic mass is 9.82. The molecule has 6 N–H and O–H groups in total. The molecule has 0 bridgehead atoms. The zero-order valence-electron chi connectivity index (χ0n) is 26.0. The van der Waals surface area contributed by atoms with Gasteiger partial charge in [-0.1, -0.05) is 36.4 Å². The second kappa shape index (κ2) is 12.8. The first kappa shape index (κ1) is 34.4. The number of halogens is 1.